The minimum atomic E-state index is 0.623. The van der Waals surface area contributed by atoms with Crippen LogP contribution >= 0.6 is 0 Å². The Labute approximate surface area is 130 Å². The van der Waals surface area contributed by atoms with Gasteiger partial charge in [-0.3, -0.25) is 4.90 Å². The lowest BCUT2D eigenvalue weighted by atomic mass is 9.79. The van der Waals surface area contributed by atoms with Crippen LogP contribution in [0.25, 0.3) is 21.9 Å². The first-order valence-electron chi connectivity index (χ1n) is 8.39. The van der Waals surface area contributed by atoms with E-state index >= 15 is 0 Å². The van der Waals surface area contributed by atoms with Crippen LogP contribution in [0.3, 0.4) is 0 Å². The van der Waals surface area contributed by atoms with Gasteiger partial charge in [-0.2, -0.15) is 0 Å². The summed E-state index contributed by atoms with van der Waals surface area (Å²) in [5.41, 5.74) is 5.00. The second kappa shape index (κ2) is 4.36. The molecule has 2 fully saturated rings. The molecule has 0 saturated carbocycles. The fourth-order valence-electron chi connectivity index (χ4n) is 4.90. The van der Waals surface area contributed by atoms with Gasteiger partial charge in [-0.05, 0) is 44.4 Å². The number of rotatable bonds is 1. The zero-order valence-electron chi connectivity index (χ0n) is 13.2. The highest BCUT2D eigenvalue weighted by atomic mass is 16.3. The van der Waals surface area contributed by atoms with Crippen LogP contribution < -0.4 is 0 Å². The number of hydrogen-bond acceptors (Lipinski definition) is 2. The largest absolute Gasteiger partial charge is 0.456 e. The van der Waals surface area contributed by atoms with E-state index in [4.69, 9.17) is 4.42 Å². The van der Waals surface area contributed by atoms with E-state index in [1.165, 1.54) is 41.4 Å². The molecule has 2 aliphatic rings. The number of furan rings is 1. The Hall–Kier alpha value is -1.80. The van der Waals surface area contributed by atoms with Crippen LogP contribution in [-0.4, -0.2) is 24.0 Å². The summed E-state index contributed by atoms with van der Waals surface area (Å²) >= 11 is 0. The first-order chi connectivity index (χ1) is 10.7. The monoisotopic (exact) mass is 291 g/mol. The molecule has 3 aromatic rings. The highest BCUT2D eigenvalue weighted by Gasteiger charge is 2.45. The molecule has 0 aliphatic carbocycles. The molecule has 0 spiro atoms. The van der Waals surface area contributed by atoms with Crippen LogP contribution in [0.15, 0.2) is 40.8 Å². The second-order valence-corrected chi connectivity index (χ2v) is 7.08. The maximum Gasteiger partial charge on any atom is 0.139 e. The normalized spacial score (nSPS) is 30.6. The van der Waals surface area contributed by atoms with E-state index in [9.17, 15) is 0 Å². The van der Waals surface area contributed by atoms with Crippen molar-refractivity contribution in [3.05, 3.63) is 47.5 Å². The van der Waals surface area contributed by atoms with Gasteiger partial charge in [0.25, 0.3) is 0 Å². The van der Waals surface area contributed by atoms with E-state index in [2.05, 4.69) is 55.1 Å². The third-order valence-electron chi connectivity index (χ3n) is 6.00. The Morgan fingerprint density at radius 1 is 1.09 bits per heavy atom. The first kappa shape index (κ1) is 12.7. The summed E-state index contributed by atoms with van der Waals surface area (Å²) in [4.78, 5) is 2.65. The molecule has 0 amide bonds. The number of nitrogens with zero attached hydrogens (tertiary/aromatic N) is 1. The molecule has 4 atom stereocenters. The van der Waals surface area contributed by atoms with Crippen molar-refractivity contribution in [1.82, 2.24) is 4.90 Å². The number of para-hydroxylation sites is 1. The summed E-state index contributed by atoms with van der Waals surface area (Å²) in [6.07, 6.45) is 1.34. The maximum atomic E-state index is 6.31. The number of benzene rings is 2. The van der Waals surface area contributed by atoms with Gasteiger partial charge in [-0.25, -0.2) is 0 Å². The van der Waals surface area contributed by atoms with Gasteiger partial charge < -0.3 is 4.42 Å². The minimum Gasteiger partial charge on any atom is -0.456 e. The molecule has 2 saturated heterocycles. The fourth-order valence-corrected chi connectivity index (χ4v) is 4.90. The molecule has 0 radical (unpaired) electrons. The van der Waals surface area contributed by atoms with Crippen molar-refractivity contribution in [2.45, 2.75) is 32.2 Å². The van der Waals surface area contributed by atoms with Gasteiger partial charge in [0.15, 0.2) is 0 Å². The average molecular weight is 291 g/mol. The minimum absolute atomic E-state index is 0.623. The molecule has 2 aliphatic heterocycles. The standard InChI is InChI=1S/C20H21NO/c1-12-7-8-16-15-5-3-4-6-17(15)22-20(16)18(12)19-13(2)21-10-9-14(19)11-21/h3-8,13-14,19H,9-11H2,1-2H3/t13-,14?,19?/m1/s1. The van der Waals surface area contributed by atoms with E-state index in [0.29, 0.717) is 12.0 Å². The Bertz CT molecular complexity index is 876. The third kappa shape index (κ3) is 1.54. The number of fused-ring (bicyclic) bond motifs is 5. The van der Waals surface area contributed by atoms with Crippen LogP contribution in [-0.2, 0) is 0 Å². The number of aryl methyl sites for hydroxylation is 1. The molecule has 1 aromatic heterocycles. The maximum absolute atomic E-state index is 6.31. The van der Waals surface area contributed by atoms with Crippen LogP contribution in [0, 0.1) is 12.8 Å². The summed E-state index contributed by atoms with van der Waals surface area (Å²) in [6.45, 7) is 7.18. The summed E-state index contributed by atoms with van der Waals surface area (Å²) in [5.74, 6) is 1.42. The fraction of sp³-hybridized carbons (Fsp3) is 0.400. The summed E-state index contributed by atoms with van der Waals surface area (Å²) in [6, 6.07) is 13.6. The molecule has 3 heterocycles. The van der Waals surface area contributed by atoms with Crippen molar-refractivity contribution < 1.29 is 4.42 Å². The topological polar surface area (TPSA) is 16.4 Å². The van der Waals surface area contributed by atoms with E-state index < -0.39 is 0 Å². The molecule has 3 unspecified atom stereocenters. The van der Waals surface area contributed by atoms with Gasteiger partial charge in [0.05, 0.1) is 0 Å². The zero-order valence-corrected chi connectivity index (χ0v) is 13.2. The highest BCUT2D eigenvalue weighted by Crippen LogP contribution is 2.48. The number of hydrogen-bond donors (Lipinski definition) is 0. The van der Waals surface area contributed by atoms with Gasteiger partial charge in [0.1, 0.15) is 11.2 Å². The second-order valence-electron chi connectivity index (χ2n) is 7.08. The molecule has 2 bridgehead atoms. The van der Waals surface area contributed by atoms with Crippen molar-refractivity contribution in [1.29, 1.82) is 0 Å². The third-order valence-corrected chi connectivity index (χ3v) is 6.00. The Morgan fingerprint density at radius 2 is 1.95 bits per heavy atom. The van der Waals surface area contributed by atoms with E-state index in [1.807, 2.05) is 0 Å². The summed E-state index contributed by atoms with van der Waals surface area (Å²) in [5, 5.41) is 2.52. The van der Waals surface area contributed by atoms with Crippen molar-refractivity contribution in [3.8, 4) is 0 Å². The van der Waals surface area contributed by atoms with Gasteiger partial charge in [0, 0.05) is 34.8 Å². The lowest BCUT2D eigenvalue weighted by Crippen LogP contribution is -2.32. The molecule has 22 heavy (non-hydrogen) atoms. The predicted molar refractivity (Wildman–Crippen MR) is 90.3 cm³/mol. The molecule has 0 N–H and O–H groups in total. The SMILES string of the molecule is Cc1ccc2c(oc3ccccc32)c1C1C2CCN(C2)[C@@H]1C. The lowest BCUT2D eigenvalue weighted by Gasteiger charge is -2.30. The molecule has 2 aromatic carbocycles. The van der Waals surface area contributed by atoms with Crippen molar-refractivity contribution in [2.75, 3.05) is 13.1 Å². The smallest absolute Gasteiger partial charge is 0.139 e. The quantitative estimate of drug-likeness (QED) is 0.646. The van der Waals surface area contributed by atoms with Gasteiger partial charge in [-0.1, -0.05) is 30.3 Å². The van der Waals surface area contributed by atoms with E-state index in [0.717, 1.165) is 17.1 Å². The summed E-state index contributed by atoms with van der Waals surface area (Å²) < 4.78 is 6.31. The number of piperidine rings is 1. The highest BCUT2D eigenvalue weighted by molar-refractivity contribution is 6.06. The van der Waals surface area contributed by atoms with Gasteiger partial charge in [-0.15, -0.1) is 0 Å². The van der Waals surface area contributed by atoms with E-state index in [1.54, 1.807) is 0 Å². The summed E-state index contributed by atoms with van der Waals surface area (Å²) in [7, 11) is 0. The van der Waals surface area contributed by atoms with Gasteiger partial charge in [0.2, 0.25) is 0 Å². The zero-order chi connectivity index (χ0) is 14.8. The molecule has 112 valence electrons. The van der Waals surface area contributed by atoms with Crippen LogP contribution in [0.4, 0.5) is 0 Å². The molecule has 2 heteroatoms. The Kier molecular flexibility index (Phi) is 2.52. The van der Waals surface area contributed by atoms with Crippen molar-refractivity contribution in [2.24, 2.45) is 5.92 Å². The molecule has 5 rings (SSSR count). The van der Waals surface area contributed by atoms with Crippen LogP contribution in [0.5, 0.6) is 0 Å². The first-order valence-corrected chi connectivity index (χ1v) is 8.39. The van der Waals surface area contributed by atoms with Crippen molar-refractivity contribution in [3.63, 3.8) is 0 Å². The van der Waals surface area contributed by atoms with Gasteiger partial charge >= 0.3 is 0 Å². The Morgan fingerprint density at radius 3 is 2.77 bits per heavy atom. The Balaban J connectivity index is 1.81. The lowest BCUT2D eigenvalue weighted by molar-refractivity contribution is 0.256. The molecule has 2 nitrogen and oxygen atoms in total. The van der Waals surface area contributed by atoms with Crippen molar-refractivity contribution >= 4 is 21.9 Å². The van der Waals surface area contributed by atoms with Crippen LogP contribution in [0.2, 0.25) is 0 Å². The predicted octanol–water partition coefficient (Wildman–Crippen LogP) is 4.70. The molecular formula is C20H21NO. The molecular weight excluding hydrogens is 270 g/mol. The average Bonchev–Trinajstić information content (AvgIpc) is 3.20. The van der Waals surface area contributed by atoms with E-state index in [-0.39, 0.29) is 0 Å². The van der Waals surface area contributed by atoms with Crippen LogP contribution in [0.1, 0.15) is 30.4 Å².